The number of carbonyl (C=O) groups excluding carboxylic acids is 1. The molecule has 134 valence electrons. The minimum absolute atomic E-state index is 0.230. The lowest BCUT2D eigenvalue weighted by Gasteiger charge is -2.21. The van der Waals surface area contributed by atoms with Crippen LogP contribution < -0.4 is 0 Å². The van der Waals surface area contributed by atoms with E-state index in [2.05, 4.69) is 0 Å². The first-order valence-electron chi connectivity index (χ1n) is 7.77. The number of nitrogens with zero attached hydrogens (tertiary/aromatic N) is 1. The second-order valence-electron chi connectivity index (χ2n) is 5.50. The highest BCUT2D eigenvalue weighted by Crippen LogP contribution is 2.36. The van der Waals surface area contributed by atoms with Gasteiger partial charge >= 0.3 is 5.97 Å². The van der Waals surface area contributed by atoms with Crippen LogP contribution >= 0.6 is 35.6 Å². The van der Waals surface area contributed by atoms with Crippen LogP contribution in [0.15, 0.2) is 45.7 Å². The van der Waals surface area contributed by atoms with Crippen molar-refractivity contribution in [3.05, 3.63) is 52.1 Å². The summed E-state index contributed by atoms with van der Waals surface area (Å²) in [5, 5.41) is 9.85. The van der Waals surface area contributed by atoms with E-state index < -0.39 is 17.9 Å². The van der Waals surface area contributed by atoms with Crippen molar-refractivity contribution in [3.63, 3.8) is 0 Å². The smallest absolute Gasteiger partial charge is 0.326 e. The third kappa shape index (κ3) is 3.56. The number of thiocarbonyl (C=S) groups is 1. The Morgan fingerprint density at radius 2 is 2.12 bits per heavy atom. The predicted octanol–water partition coefficient (Wildman–Crippen LogP) is 4.66. The van der Waals surface area contributed by atoms with Gasteiger partial charge in [0, 0.05) is 11.6 Å². The summed E-state index contributed by atoms with van der Waals surface area (Å²) < 4.78 is 5.99. The van der Waals surface area contributed by atoms with Crippen LogP contribution in [-0.2, 0) is 9.59 Å². The Morgan fingerprint density at radius 3 is 2.77 bits per heavy atom. The molecule has 5 nitrogen and oxygen atoms in total. The van der Waals surface area contributed by atoms with Crippen molar-refractivity contribution in [2.24, 2.45) is 0 Å². The number of halogens is 1. The molecule has 1 aromatic heterocycles. The summed E-state index contributed by atoms with van der Waals surface area (Å²) in [5.41, 5.74) is 0.748. The standard InChI is InChI=1S/C18H14ClNO4S2/c1-2-13(17(22)23)20-16(21)15(26-18(20)25)9-10-7-8-14(24-10)11-5-3-4-6-12(11)19/h3-9,13H,2H2,1H3,(H,22,23). The third-order valence-corrected chi connectivity index (χ3v) is 5.51. The monoisotopic (exact) mass is 407 g/mol. The molecule has 26 heavy (non-hydrogen) atoms. The molecule has 0 radical (unpaired) electrons. The van der Waals surface area contributed by atoms with Gasteiger partial charge in [-0.15, -0.1) is 0 Å². The highest BCUT2D eigenvalue weighted by molar-refractivity contribution is 8.26. The van der Waals surface area contributed by atoms with E-state index in [1.54, 1.807) is 31.2 Å². The van der Waals surface area contributed by atoms with Gasteiger partial charge in [-0.3, -0.25) is 9.69 Å². The van der Waals surface area contributed by atoms with Gasteiger partial charge in [-0.1, -0.05) is 54.6 Å². The summed E-state index contributed by atoms with van der Waals surface area (Å²) in [6.45, 7) is 1.70. The van der Waals surface area contributed by atoms with Gasteiger partial charge in [-0.2, -0.15) is 0 Å². The molecule has 8 heteroatoms. The summed E-state index contributed by atoms with van der Waals surface area (Å²) in [5.74, 6) is -0.466. The molecule has 1 fully saturated rings. The molecular weight excluding hydrogens is 394 g/mol. The molecule has 0 spiro atoms. The average Bonchev–Trinajstić information content (AvgIpc) is 3.16. The topological polar surface area (TPSA) is 70.8 Å². The number of rotatable bonds is 5. The van der Waals surface area contributed by atoms with Crippen LogP contribution in [0.1, 0.15) is 19.1 Å². The number of aliphatic carboxylic acids is 1. The highest BCUT2D eigenvalue weighted by Gasteiger charge is 2.39. The molecule has 2 aromatic rings. The van der Waals surface area contributed by atoms with Gasteiger partial charge in [-0.25, -0.2) is 4.79 Å². The second-order valence-corrected chi connectivity index (χ2v) is 7.58. The van der Waals surface area contributed by atoms with E-state index in [1.165, 1.54) is 0 Å². The van der Waals surface area contributed by atoms with Gasteiger partial charge < -0.3 is 9.52 Å². The molecule has 1 aromatic carbocycles. The SMILES string of the molecule is CCC(C(=O)O)N1C(=O)C(=Cc2ccc(-c3ccccc3Cl)o2)SC1=S. The Bertz CT molecular complexity index is 921. The van der Waals surface area contributed by atoms with Gasteiger partial charge in [0.25, 0.3) is 5.91 Å². The zero-order valence-corrected chi connectivity index (χ0v) is 16.0. The molecule has 1 aliphatic heterocycles. The normalized spacial score (nSPS) is 17.2. The molecule has 2 heterocycles. The number of benzene rings is 1. The van der Waals surface area contributed by atoms with Crippen LogP contribution in [-0.4, -0.2) is 32.2 Å². The van der Waals surface area contributed by atoms with Crippen LogP contribution in [0.5, 0.6) is 0 Å². The number of furan rings is 1. The van der Waals surface area contributed by atoms with Gasteiger partial charge in [0.05, 0.1) is 9.93 Å². The molecule has 1 atom stereocenters. The minimum Gasteiger partial charge on any atom is -0.480 e. The Balaban J connectivity index is 1.88. The number of carboxylic acids is 1. The zero-order chi connectivity index (χ0) is 18.8. The molecule has 1 saturated heterocycles. The van der Waals surface area contributed by atoms with Crippen LogP contribution in [0.2, 0.25) is 5.02 Å². The largest absolute Gasteiger partial charge is 0.480 e. The van der Waals surface area contributed by atoms with Crippen LogP contribution in [0.3, 0.4) is 0 Å². The van der Waals surface area contributed by atoms with Crippen molar-refractivity contribution in [2.75, 3.05) is 0 Å². The fourth-order valence-electron chi connectivity index (χ4n) is 2.58. The molecule has 1 unspecified atom stereocenters. The lowest BCUT2D eigenvalue weighted by Crippen LogP contribution is -2.43. The van der Waals surface area contributed by atoms with Crippen molar-refractivity contribution < 1.29 is 19.1 Å². The maximum Gasteiger partial charge on any atom is 0.326 e. The van der Waals surface area contributed by atoms with Gasteiger partial charge in [0.15, 0.2) is 0 Å². The first-order chi connectivity index (χ1) is 12.4. The van der Waals surface area contributed by atoms with E-state index in [9.17, 15) is 14.7 Å². The van der Waals surface area contributed by atoms with Crippen molar-refractivity contribution in [3.8, 4) is 11.3 Å². The number of hydrogen-bond acceptors (Lipinski definition) is 5. The van der Waals surface area contributed by atoms with Crippen LogP contribution in [0.4, 0.5) is 0 Å². The van der Waals surface area contributed by atoms with E-state index in [4.69, 9.17) is 28.2 Å². The molecule has 1 N–H and O–H groups in total. The Morgan fingerprint density at radius 1 is 1.38 bits per heavy atom. The number of amides is 1. The minimum atomic E-state index is -1.08. The van der Waals surface area contributed by atoms with Crippen molar-refractivity contribution in [1.82, 2.24) is 4.90 Å². The first kappa shape index (κ1) is 18.7. The van der Waals surface area contributed by atoms with Gasteiger partial charge in [-0.05, 0) is 30.7 Å². The van der Waals surface area contributed by atoms with E-state index >= 15 is 0 Å². The second kappa shape index (κ2) is 7.65. The van der Waals surface area contributed by atoms with Crippen molar-refractivity contribution in [2.45, 2.75) is 19.4 Å². The number of carboxylic acid groups (broad SMARTS) is 1. The Kier molecular flexibility index (Phi) is 5.50. The van der Waals surface area contributed by atoms with E-state index in [-0.39, 0.29) is 10.7 Å². The zero-order valence-electron chi connectivity index (χ0n) is 13.6. The fraction of sp³-hybridized carbons (Fsp3) is 0.167. The predicted molar refractivity (Wildman–Crippen MR) is 106 cm³/mol. The molecule has 0 bridgehead atoms. The third-order valence-electron chi connectivity index (χ3n) is 3.85. The molecule has 1 amide bonds. The summed E-state index contributed by atoms with van der Waals surface area (Å²) in [6.07, 6.45) is 1.83. The van der Waals surface area contributed by atoms with E-state index in [0.29, 0.717) is 21.4 Å². The van der Waals surface area contributed by atoms with Crippen LogP contribution in [0, 0.1) is 0 Å². The molecule has 0 aliphatic carbocycles. The van der Waals surface area contributed by atoms with Gasteiger partial charge in [0.1, 0.15) is 21.9 Å². The maximum atomic E-state index is 12.6. The number of thioether (sulfide) groups is 1. The molecule has 3 rings (SSSR count). The highest BCUT2D eigenvalue weighted by atomic mass is 35.5. The van der Waals surface area contributed by atoms with Crippen molar-refractivity contribution >= 4 is 57.9 Å². The van der Waals surface area contributed by atoms with Gasteiger partial charge in [0.2, 0.25) is 0 Å². The maximum absolute atomic E-state index is 12.6. The fourth-order valence-corrected chi connectivity index (χ4v) is 4.15. The summed E-state index contributed by atoms with van der Waals surface area (Å²) in [6, 6.07) is 9.80. The van der Waals surface area contributed by atoms with Crippen molar-refractivity contribution in [1.29, 1.82) is 0 Å². The lowest BCUT2D eigenvalue weighted by atomic mass is 10.2. The molecule has 0 saturated carbocycles. The number of carbonyl (C=O) groups is 2. The Labute approximate surface area is 164 Å². The summed E-state index contributed by atoms with van der Waals surface area (Å²) in [7, 11) is 0. The average molecular weight is 408 g/mol. The first-order valence-corrected chi connectivity index (χ1v) is 9.37. The number of hydrogen-bond donors (Lipinski definition) is 1. The van der Waals surface area contributed by atoms with E-state index in [0.717, 1.165) is 22.2 Å². The quantitative estimate of drug-likeness (QED) is 0.574. The van der Waals surface area contributed by atoms with E-state index in [1.807, 2.05) is 18.2 Å². The van der Waals surface area contributed by atoms with Crippen LogP contribution in [0.25, 0.3) is 17.4 Å². The molecule has 1 aliphatic rings. The lowest BCUT2D eigenvalue weighted by molar-refractivity contribution is -0.145. The Hall–Kier alpha value is -2.09. The summed E-state index contributed by atoms with van der Waals surface area (Å²) >= 11 is 12.4. The summed E-state index contributed by atoms with van der Waals surface area (Å²) in [4.78, 5) is 25.4. The molecular formula is C18H14ClNO4S2.